The summed E-state index contributed by atoms with van der Waals surface area (Å²) in [6, 6.07) is 14.9. The molecule has 4 rings (SSSR count). The molecule has 3 aromatic rings. The van der Waals surface area contributed by atoms with E-state index in [9.17, 15) is 9.59 Å². The summed E-state index contributed by atoms with van der Waals surface area (Å²) in [6.45, 7) is 3.44. The molecule has 1 atom stereocenters. The molecule has 0 radical (unpaired) electrons. The third-order valence-electron chi connectivity index (χ3n) is 5.68. The van der Waals surface area contributed by atoms with Crippen molar-refractivity contribution in [2.45, 2.75) is 19.8 Å². The number of pyridine rings is 1. The Hall–Kier alpha value is -3.41. The average Bonchev–Trinajstić information content (AvgIpc) is 2.83. The standard InChI is InChI=1S/C25H26N2O4/c1-3-31-25(29)18-10-7-13-27(16-18)23-20-14-19(30-2)11-12-22(20)26-15-21(23)24(28)17-8-5-4-6-9-17/h4-6,8-9,11-12,14-15,18H,3,7,10,13,16H2,1-2H3/t18-/m1/s1. The van der Waals surface area contributed by atoms with E-state index in [0.717, 1.165) is 36.0 Å². The van der Waals surface area contributed by atoms with Crippen molar-refractivity contribution >= 4 is 28.3 Å². The van der Waals surface area contributed by atoms with Crippen molar-refractivity contribution in [2.75, 3.05) is 31.7 Å². The minimum atomic E-state index is -0.220. The average molecular weight is 418 g/mol. The number of rotatable bonds is 6. The molecular weight excluding hydrogens is 392 g/mol. The Morgan fingerprint density at radius 3 is 2.71 bits per heavy atom. The fraction of sp³-hybridized carbons (Fsp3) is 0.320. The molecule has 6 heteroatoms. The van der Waals surface area contributed by atoms with Gasteiger partial charge in [0, 0.05) is 30.2 Å². The number of piperidine rings is 1. The zero-order valence-electron chi connectivity index (χ0n) is 17.8. The molecule has 0 amide bonds. The Balaban J connectivity index is 1.84. The first kappa shape index (κ1) is 20.8. The Morgan fingerprint density at radius 2 is 1.97 bits per heavy atom. The number of ether oxygens (including phenoxy) is 2. The first-order valence-electron chi connectivity index (χ1n) is 10.6. The fourth-order valence-corrected chi connectivity index (χ4v) is 4.17. The quantitative estimate of drug-likeness (QED) is 0.440. The summed E-state index contributed by atoms with van der Waals surface area (Å²) in [7, 11) is 1.62. The first-order chi connectivity index (χ1) is 15.1. The van der Waals surface area contributed by atoms with Gasteiger partial charge in [-0.25, -0.2) is 0 Å². The Labute approximate surface area is 181 Å². The van der Waals surface area contributed by atoms with Crippen LogP contribution in [-0.4, -0.2) is 43.5 Å². The Bertz CT molecular complexity index is 1100. The second kappa shape index (κ2) is 9.16. The van der Waals surface area contributed by atoms with Crippen LogP contribution in [0.15, 0.2) is 54.7 Å². The number of ketones is 1. The number of aromatic nitrogens is 1. The molecule has 31 heavy (non-hydrogen) atoms. The van der Waals surface area contributed by atoms with E-state index in [2.05, 4.69) is 9.88 Å². The molecule has 1 aliphatic rings. The Morgan fingerprint density at radius 1 is 1.16 bits per heavy atom. The summed E-state index contributed by atoms with van der Waals surface area (Å²) in [4.78, 5) is 32.5. The number of methoxy groups -OCH3 is 1. The number of carbonyl (C=O) groups excluding carboxylic acids is 2. The van der Waals surface area contributed by atoms with E-state index < -0.39 is 0 Å². The van der Waals surface area contributed by atoms with E-state index in [1.54, 1.807) is 25.4 Å². The first-order valence-corrected chi connectivity index (χ1v) is 10.6. The van der Waals surface area contributed by atoms with Crippen LogP contribution in [0, 0.1) is 5.92 Å². The van der Waals surface area contributed by atoms with E-state index >= 15 is 0 Å². The van der Waals surface area contributed by atoms with Crippen molar-refractivity contribution in [1.29, 1.82) is 0 Å². The van der Waals surface area contributed by atoms with Crippen LogP contribution in [-0.2, 0) is 9.53 Å². The van der Waals surface area contributed by atoms with Gasteiger partial charge < -0.3 is 14.4 Å². The molecule has 160 valence electrons. The molecule has 0 saturated carbocycles. The third-order valence-corrected chi connectivity index (χ3v) is 5.68. The lowest BCUT2D eigenvalue weighted by Gasteiger charge is -2.35. The molecule has 2 aromatic carbocycles. The summed E-state index contributed by atoms with van der Waals surface area (Å²) in [5.41, 5.74) is 2.70. The van der Waals surface area contributed by atoms with Gasteiger partial charge in [0.2, 0.25) is 0 Å². The molecule has 1 fully saturated rings. The van der Waals surface area contributed by atoms with Crippen LogP contribution in [0.2, 0.25) is 0 Å². The SMILES string of the molecule is CCOC(=O)[C@@H]1CCCN(c2c(C(=O)c3ccccc3)cnc3ccc(OC)cc23)C1. The molecule has 1 aliphatic heterocycles. The lowest BCUT2D eigenvalue weighted by atomic mass is 9.94. The number of anilines is 1. The van der Waals surface area contributed by atoms with Gasteiger partial charge in [-0.15, -0.1) is 0 Å². The summed E-state index contributed by atoms with van der Waals surface area (Å²) in [5.74, 6) is 0.200. The molecule has 0 bridgehead atoms. The molecule has 0 spiro atoms. The highest BCUT2D eigenvalue weighted by molar-refractivity contribution is 6.16. The van der Waals surface area contributed by atoms with Crippen molar-refractivity contribution < 1.29 is 19.1 Å². The lowest BCUT2D eigenvalue weighted by Crippen LogP contribution is -2.40. The molecule has 0 N–H and O–H groups in total. The lowest BCUT2D eigenvalue weighted by molar-refractivity contribution is -0.148. The molecule has 1 aromatic heterocycles. The topological polar surface area (TPSA) is 68.7 Å². The highest BCUT2D eigenvalue weighted by Crippen LogP contribution is 2.36. The number of esters is 1. The largest absolute Gasteiger partial charge is 0.497 e. The second-order valence-corrected chi connectivity index (χ2v) is 7.64. The summed E-state index contributed by atoms with van der Waals surface area (Å²) >= 11 is 0. The maximum absolute atomic E-state index is 13.4. The van der Waals surface area contributed by atoms with E-state index in [4.69, 9.17) is 9.47 Å². The number of benzene rings is 2. The van der Waals surface area contributed by atoms with Gasteiger partial charge in [-0.3, -0.25) is 14.6 Å². The van der Waals surface area contributed by atoms with Crippen LogP contribution < -0.4 is 9.64 Å². The molecule has 0 unspecified atom stereocenters. The van der Waals surface area contributed by atoms with Crippen molar-refractivity contribution in [3.05, 3.63) is 65.9 Å². The smallest absolute Gasteiger partial charge is 0.310 e. The van der Waals surface area contributed by atoms with Crippen LogP contribution in [0.1, 0.15) is 35.7 Å². The van der Waals surface area contributed by atoms with E-state index in [1.165, 1.54) is 0 Å². The normalized spacial score (nSPS) is 16.2. The second-order valence-electron chi connectivity index (χ2n) is 7.64. The zero-order valence-corrected chi connectivity index (χ0v) is 17.8. The summed E-state index contributed by atoms with van der Waals surface area (Å²) < 4.78 is 10.7. The van der Waals surface area contributed by atoms with Crippen molar-refractivity contribution in [3.63, 3.8) is 0 Å². The highest BCUT2D eigenvalue weighted by Gasteiger charge is 2.30. The third kappa shape index (κ3) is 4.24. The summed E-state index contributed by atoms with van der Waals surface area (Å²) in [5, 5.41) is 0.839. The van der Waals surface area contributed by atoms with Gasteiger partial charge in [0.25, 0.3) is 0 Å². The number of carbonyl (C=O) groups is 2. The molecular formula is C25H26N2O4. The van der Waals surface area contributed by atoms with Crippen molar-refractivity contribution in [3.8, 4) is 5.75 Å². The number of fused-ring (bicyclic) bond motifs is 1. The van der Waals surface area contributed by atoms with Crippen molar-refractivity contribution in [1.82, 2.24) is 4.98 Å². The van der Waals surface area contributed by atoms with Gasteiger partial charge in [-0.05, 0) is 38.0 Å². The maximum atomic E-state index is 13.4. The van der Waals surface area contributed by atoms with Crippen LogP contribution in [0.4, 0.5) is 5.69 Å². The predicted molar refractivity (Wildman–Crippen MR) is 120 cm³/mol. The number of nitrogens with zero attached hydrogens (tertiary/aromatic N) is 2. The monoisotopic (exact) mass is 418 g/mol. The molecule has 2 heterocycles. The highest BCUT2D eigenvalue weighted by atomic mass is 16.5. The maximum Gasteiger partial charge on any atom is 0.310 e. The van der Waals surface area contributed by atoms with Gasteiger partial charge in [-0.1, -0.05) is 30.3 Å². The van der Waals surface area contributed by atoms with E-state index in [1.807, 2.05) is 43.3 Å². The van der Waals surface area contributed by atoms with Gasteiger partial charge in [0.1, 0.15) is 5.75 Å². The fourth-order valence-electron chi connectivity index (χ4n) is 4.17. The van der Waals surface area contributed by atoms with Crippen LogP contribution >= 0.6 is 0 Å². The number of hydrogen-bond acceptors (Lipinski definition) is 6. The van der Waals surface area contributed by atoms with E-state index in [-0.39, 0.29) is 17.7 Å². The van der Waals surface area contributed by atoms with Crippen molar-refractivity contribution in [2.24, 2.45) is 5.92 Å². The van der Waals surface area contributed by atoms with Gasteiger partial charge in [-0.2, -0.15) is 0 Å². The Kier molecular flexibility index (Phi) is 6.16. The van der Waals surface area contributed by atoms with E-state index in [0.29, 0.717) is 30.0 Å². The number of hydrogen-bond donors (Lipinski definition) is 0. The minimum absolute atomic E-state index is 0.0916. The van der Waals surface area contributed by atoms with Crippen LogP contribution in [0.25, 0.3) is 10.9 Å². The van der Waals surface area contributed by atoms with Gasteiger partial charge >= 0.3 is 5.97 Å². The van der Waals surface area contributed by atoms with Gasteiger partial charge in [0.05, 0.1) is 36.4 Å². The van der Waals surface area contributed by atoms with Crippen LogP contribution in [0.5, 0.6) is 5.75 Å². The van der Waals surface area contributed by atoms with Gasteiger partial charge in [0.15, 0.2) is 5.78 Å². The molecule has 0 aliphatic carbocycles. The summed E-state index contributed by atoms with van der Waals surface area (Å²) in [6.07, 6.45) is 3.27. The minimum Gasteiger partial charge on any atom is -0.497 e. The molecule has 6 nitrogen and oxygen atoms in total. The molecule has 1 saturated heterocycles. The predicted octanol–water partition coefficient (Wildman–Crippen LogP) is 4.25. The van der Waals surface area contributed by atoms with Crippen LogP contribution in [0.3, 0.4) is 0 Å². The zero-order chi connectivity index (χ0) is 21.8.